The molecule has 0 radical (unpaired) electrons. The van der Waals surface area contributed by atoms with Crippen molar-refractivity contribution in [3.63, 3.8) is 0 Å². The fourth-order valence-corrected chi connectivity index (χ4v) is 2.11. The van der Waals surface area contributed by atoms with Crippen LogP contribution in [-0.4, -0.2) is 23.1 Å². The van der Waals surface area contributed by atoms with Crippen LogP contribution in [0, 0.1) is 6.92 Å². The molecular formula is C18H21N3O3. The third-order valence-corrected chi connectivity index (χ3v) is 3.20. The molecule has 2 rings (SSSR count). The van der Waals surface area contributed by atoms with Gasteiger partial charge in [0.25, 0.3) is 5.91 Å². The average Bonchev–Trinajstić information content (AvgIpc) is 2.50. The van der Waals surface area contributed by atoms with E-state index >= 15 is 0 Å². The molecule has 0 atom stereocenters. The molecule has 2 aromatic rings. The molecule has 0 aliphatic rings. The highest BCUT2D eigenvalue weighted by molar-refractivity contribution is 6.06. The number of benzene rings is 2. The Hall–Kier alpha value is -3.02. The molecule has 4 N–H and O–H groups in total. The van der Waals surface area contributed by atoms with Gasteiger partial charge in [-0.2, -0.15) is 0 Å². The van der Waals surface area contributed by atoms with Crippen molar-refractivity contribution in [3.8, 4) is 5.75 Å². The molecule has 0 unspecified atom stereocenters. The Bertz CT molecular complexity index is 757. The standard InChI is InChI=1S/C18H21N3O3/c1-11(2)19-18(24)20-14-6-4-5-13(10-14)17(23)21-15-9-12(3)7-8-16(15)22/h4-11,22H,1-3H3,(H,21,23)(H2,19,20,24). The highest BCUT2D eigenvalue weighted by atomic mass is 16.3. The zero-order valence-corrected chi connectivity index (χ0v) is 13.9. The molecular weight excluding hydrogens is 306 g/mol. The zero-order valence-electron chi connectivity index (χ0n) is 13.9. The van der Waals surface area contributed by atoms with Crippen molar-refractivity contribution in [3.05, 3.63) is 53.6 Å². The van der Waals surface area contributed by atoms with Gasteiger partial charge in [-0.25, -0.2) is 4.79 Å². The molecule has 0 spiro atoms. The van der Waals surface area contributed by atoms with Gasteiger partial charge in [-0.15, -0.1) is 0 Å². The van der Waals surface area contributed by atoms with E-state index in [9.17, 15) is 14.7 Å². The second-order valence-corrected chi connectivity index (χ2v) is 5.81. The first-order chi connectivity index (χ1) is 11.3. The lowest BCUT2D eigenvalue weighted by atomic mass is 10.1. The predicted molar refractivity (Wildman–Crippen MR) is 94.5 cm³/mol. The van der Waals surface area contributed by atoms with Crippen molar-refractivity contribution in [2.24, 2.45) is 0 Å². The predicted octanol–water partition coefficient (Wildman–Crippen LogP) is 3.48. The molecule has 0 aliphatic carbocycles. The molecule has 0 aromatic heterocycles. The van der Waals surface area contributed by atoms with E-state index in [-0.39, 0.29) is 23.7 Å². The maximum atomic E-state index is 12.3. The number of aromatic hydroxyl groups is 1. The monoisotopic (exact) mass is 327 g/mol. The van der Waals surface area contributed by atoms with Crippen molar-refractivity contribution in [2.75, 3.05) is 10.6 Å². The molecule has 126 valence electrons. The highest BCUT2D eigenvalue weighted by Crippen LogP contribution is 2.24. The molecule has 2 aromatic carbocycles. The lowest BCUT2D eigenvalue weighted by molar-refractivity contribution is 0.102. The number of hydrogen-bond acceptors (Lipinski definition) is 3. The summed E-state index contributed by atoms with van der Waals surface area (Å²) in [5.74, 6) is -0.372. The van der Waals surface area contributed by atoms with E-state index in [1.165, 1.54) is 6.07 Å². The number of rotatable bonds is 4. The molecule has 6 nitrogen and oxygen atoms in total. The Morgan fingerprint density at radius 3 is 2.50 bits per heavy atom. The lowest BCUT2D eigenvalue weighted by Gasteiger charge is -2.12. The quantitative estimate of drug-likeness (QED) is 0.648. The van der Waals surface area contributed by atoms with E-state index in [2.05, 4.69) is 16.0 Å². The highest BCUT2D eigenvalue weighted by Gasteiger charge is 2.11. The smallest absolute Gasteiger partial charge is 0.319 e. The number of carbonyl (C=O) groups excluding carboxylic acids is 2. The van der Waals surface area contributed by atoms with E-state index in [0.29, 0.717) is 16.9 Å². The van der Waals surface area contributed by atoms with Gasteiger partial charge in [-0.3, -0.25) is 4.79 Å². The van der Waals surface area contributed by atoms with Crippen LogP contribution in [0.4, 0.5) is 16.2 Å². The molecule has 0 bridgehead atoms. The number of aryl methyl sites for hydroxylation is 1. The molecule has 0 fully saturated rings. The van der Waals surface area contributed by atoms with Crippen LogP contribution in [-0.2, 0) is 0 Å². The number of anilines is 2. The topological polar surface area (TPSA) is 90.5 Å². The van der Waals surface area contributed by atoms with Gasteiger partial charge in [0.1, 0.15) is 5.75 Å². The van der Waals surface area contributed by atoms with Crippen LogP contribution in [0.5, 0.6) is 5.75 Å². The first-order valence-electron chi connectivity index (χ1n) is 7.63. The van der Waals surface area contributed by atoms with E-state index in [0.717, 1.165) is 5.56 Å². The average molecular weight is 327 g/mol. The molecule has 0 heterocycles. The second-order valence-electron chi connectivity index (χ2n) is 5.81. The minimum absolute atomic E-state index is 0.000425. The summed E-state index contributed by atoms with van der Waals surface area (Å²) in [5.41, 5.74) is 2.15. The third-order valence-electron chi connectivity index (χ3n) is 3.20. The van der Waals surface area contributed by atoms with Crippen LogP contribution in [0.2, 0.25) is 0 Å². The SMILES string of the molecule is Cc1ccc(O)c(NC(=O)c2cccc(NC(=O)NC(C)C)c2)c1. The number of amides is 3. The van der Waals surface area contributed by atoms with Crippen molar-refractivity contribution in [2.45, 2.75) is 26.8 Å². The van der Waals surface area contributed by atoms with Gasteiger partial charge >= 0.3 is 6.03 Å². The molecule has 6 heteroatoms. The number of hydrogen-bond donors (Lipinski definition) is 4. The molecule has 0 saturated heterocycles. The van der Waals surface area contributed by atoms with Gasteiger partial charge in [-0.05, 0) is 56.7 Å². The second kappa shape index (κ2) is 7.50. The summed E-state index contributed by atoms with van der Waals surface area (Å²) in [6.45, 7) is 5.59. The number of carbonyl (C=O) groups is 2. The Kier molecular flexibility index (Phi) is 5.42. The molecule has 3 amide bonds. The molecule has 24 heavy (non-hydrogen) atoms. The van der Waals surface area contributed by atoms with Gasteiger partial charge in [-0.1, -0.05) is 12.1 Å². The normalized spacial score (nSPS) is 10.3. The molecule has 0 aliphatic heterocycles. The maximum Gasteiger partial charge on any atom is 0.319 e. The van der Waals surface area contributed by atoms with Crippen LogP contribution in [0.25, 0.3) is 0 Å². The number of phenols is 1. The summed E-state index contributed by atoms with van der Waals surface area (Å²) in [7, 11) is 0. The number of urea groups is 1. The first kappa shape index (κ1) is 17.3. The van der Waals surface area contributed by atoms with Crippen molar-refractivity contribution in [1.29, 1.82) is 0 Å². The Labute approximate surface area is 140 Å². The summed E-state index contributed by atoms with van der Waals surface area (Å²) in [4.78, 5) is 24.1. The van der Waals surface area contributed by atoms with Crippen molar-refractivity contribution >= 4 is 23.3 Å². The number of phenolic OH excluding ortho intramolecular Hbond substituents is 1. The van der Waals surface area contributed by atoms with Gasteiger partial charge in [0, 0.05) is 17.3 Å². The Morgan fingerprint density at radius 1 is 1.04 bits per heavy atom. The van der Waals surface area contributed by atoms with Crippen LogP contribution < -0.4 is 16.0 Å². The fourth-order valence-electron chi connectivity index (χ4n) is 2.11. The fraction of sp³-hybridized carbons (Fsp3) is 0.222. The van der Waals surface area contributed by atoms with Gasteiger partial charge in [0.2, 0.25) is 0 Å². The minimum atomic E-state index is -0.371. The van der Waals surface area contributed by atoms with Crippen molar-refractivity contribution in [1.82, 2.24) is 5.32 Å². The lowest BCUT2D eigenvalue weighted by Crippen LogP contribution is -2.34. The van der Waals surface area contributed by atoms with Crippen LogP contribution in [0.1, 0.15) is 29.8 Å². The largest absolute Gasteiger partial charge is 0.506 e. The Morgan fingerprint density at radius 2 is 1.79 bits per heavy atom. The third kappa shape index (κ3) is 4.74. The van der Waals surface area contributed by atoms with Gasteiger partial charge in [0.05, 0.1) is 5.69 Å². The van der Waals surface area contributed by atoms with Crippen LogP contribution in [0.15, 0.2) is 42.5 Å². The maximum absolute atomic E-state index is 12.3. The Balaban J connectivity index is 2.11. The van der Waals surface area contributed by atoms with E-state index in [4.69, 9.17) is 0 Å². The van der Waals surface area contributed by atoms with E-state index in [1.54, 1.807) is 36.4 Å². The summed E-state index contributed by atoms with van der Waals surface area (Å²) in [6.07, 6.45) is 0. The minimum Gasteiger partial charge on any atom is -0.506 e. The summed E-state index contributed by atoms with van der Waals surface area (Å²) in [5, 5.41) is 17.9. The van der Waals surface area contributed by atoms with Crippen LogP contribution in [0.3, 0.4) is 0 Å². The van der Waals surface area contributed by atoms with Gasteiger partial charge in [0.15, 0.2) is 0 Å². The van der Waals surface area contributed by atoms with Crippen molar-refractivity contribution < 1.29 is 14.7 Å². The first-order valence-corrected chi connectivity index (χ1v) is 7.63. The summed E-state index contributed by atoms with van der Waals surface area (Å²) >= 11 is 0. The zero-order chi connectivity index (χ0) is 17.7. The van der Waals surface area contributed by atoms with E-state index < -0.39 is 0 Å². The number of nitrogens with one attached hydrogen (secondary N) is 3. The van der Waals surface area contributed by atoms with Gasteiger partial charge < -0.3 is 21.1 Å². The molecule has 0 saturated carbocycles. The summed E-state index contributed by atoms with van der Waals surface area (Å²) in [6, 6.07) is 11.2. The van der Waals surface area contributed by atoms with E-state index in [1.807, 2.05) is 20.8 Å². The summed E-state index contributed by atoms with van der Waals surface area (Å²) < 4.78 is 0. The van der Waals surface area contributed by atoms with Crippen LogP contribution >= 0.6 is 0 Å².